The van der Waals surface area contributed by atoms with E-state index in [0.717, 1.165) is 5.01 Å². The van der Waals surface area contributed by atoms with Crippen LogP contribution in [0.5, 0.6) is 0 Å². The van der Waals surface area contributed by atoms with Crippen LogP contribution in [0.1, 0.15) is 10.7 Å². The van der Waals surface area contributed by atoms with E-state index in [9.17, 15) is 9.18 Å². The topological polar surface area (TPSA) is 59.8 Å². The molecule has 0 atom stereocenters. The summed E-state index contributed by atoms with van der Waals surface area (Å²) in [6.07, 6.45) is 3.50. The number of anilines is 1. The molecule has 3 rings (SSSR count). The molecule has 0 saturated carbocycles. The summed E-state index contributed by atoms with van der Waals surface area (Å²) in [7, 11) is 0. The number of benzene rings is 1. The highest BCUT2D eigenvalue weighted by Gasteiger charge is 2.12. The highest BCUT2D eigenvalue weighted by Crippen LogP contribution is 2.21. The van der Waals surface area contributed by atoms with E-state index in [2.05, 4.69) is 15.4 Å². The highest BCUT2D eigenvalue weighted by atomic mass is 32.1. The Kier molecular flexibility index (Phi) is 3.97. The number of halogens is 1. The molecule has 0 saturated heterocycles. The zero-order chi connectivity index (χ0) is 15.5. The number of aromatic nitrogens is 3. The van der Waals surface area contributed by atoms with Crippen LogP contribution in [0.25, 0.3) is 5.69 Å². The van der Waals surface area contributed by atoms with Crippen molar-refractivity contribution in [1.82, 2.24) is 14.8 Å². The number of carbonyl (C=O) groups is 1. The van der Waals surface area contributed by atoms with Crippen LogP contribution in [0.3, 0.4) is 0 Å². The van der Waals surface area contributed by atoms with Crippen LogP contribution in [0.2, 0.25) is 0 Å². The highest BCUT2D eigenvalue weighted by molar-refractivity contribution is 7.09. The van der Waals surface area contributed by atoms with Crippen molar-refractivity contribution in [2.45, 2.75) is 13.3 Å². The maximum Gasteiger partial charge on any atom is 0.230 e. The average Bonchev–Trinajstić information content (AvgIpc) is 3.11. The van der Waals surface area contributed by atoms with Gasteiger partial charge in [0.2, 0.25) is 5.91 Å². The van der Waals surface area contributed by atoms with E-state index in [1.54, 1.807) is 29.2 Å². The molecular weight excluding hydrogens is 303 g/mol. The van der Waals surface area contributed by atoms with Crippen LogP contribution >= 0.6 is 11.3 Å². The summed E-state index contributed by atoms with van der Waals surface area (Å²) in [5, 5.41) is 9.58. The maximum absolute atomic E-state index is 13.5. The second-order valence-electron chi connectivity index (χ2n) is 4.69. The fourth-order valence-corrected chi connectivity index (χ4v) is 2.68. The van der Waals surface area contributed by atoms with Crippen molar-refractivity contribution in [3.05, 3.63) is 58.6 Å². The predicted molar refractivity (Wildman–Crippen MR) is 82.7 cm³/mol. The summed E-state index contributed by atoms with van der Waals surface area (Å²) in [6.45, 7) is 1.88. The number of hydrogen-bond donors (Lipinski definition) is 1. The molecule has 1 N–H and O–H groups in total. The summed E-state index contributed by atoms with van der Waals surface area (Å²) in [6, 6.07) is 5.94. The molecular formula is C15H13FN4OS. The average molecular weight is 316 g/mol. The van der Waals surface area contributed by atoms with Gasteiger partial charge < -0.3 is 5.32 Å². The van der Waals surface area contributed by atoms with Crippen LogP contribution in [-0.2, 0) is 11.2 Å². The Morgan fingerprint density at radius 2 is 2.32 bits per heavy atom. The van der Waals surface area contributed by atoms with Crippen LogP contribution in [0.15, 0.2) is 42.0 Å². The van der Waals surface area contributed by atoms with Gasteiger partial charge in [0.15, 0.2) is 0 Å². The first-order chi connectivity index (χ1) is 10.6. The third-order valence-electron chi connectivity index (χ3n) is 2.99. The minimum absolute atomic E-state index is 0.152. The Morgan fingerprint density at radius 3 is 3.00 bits per heavy atom. The van der Waals surface area contributed by atoms with Gasteiger partial charge in [-0.15, -0.1) is 11.3 Å². The van der Waals surface area contributed by atoms with E-state index in [4.69, 9.17) is 0 Å². The lowest BCUT2D eigenvalue weighted by Crippen LogP contribution is -2.16. The Balaban J connectivity index is 1.82. The molecule has 1 aromatic carbocycles. The zero-order valence-electron chi connectivity index (χ0n) is 11.8. The molecule has 0 unspecified atom stereocenters. The zero-order valence-corrected chi connectivity index (χ0v) is 12.6. The van der Waals surface area contributed by atoms with Gasteiger partial charge in [0.05, 0.1) is 28.5 Å². The number of nitrogens with one attached hydrogen (secondary N) is 1. The number of thiazole rings is 1. The molecule has 1 amide bonds. The van der Waals surface area contributed by atoms with Crippen molar-refractivity contribution >= 4 is 22.9 Å². The lowest BCUT2D eigenvalue weighted by molar-refractivity contribution is -0.115. The molecule has 7 heteroatoms. The van der Waals surface area contributed by atoms with Crippen LogP contribution < -0.4 is 5.32 Å². The second-order valence-corrected chi connectivity index (χ2v) is 5.76. The number of rotatable bonds is 4. The van der Waals surface area contributed by atoms with Gasteiger partial charge in [-0.3, -0.25) is 4.79 Å². The van der Waals surface area contributed by atoms with E-state index in [-0.39, 0.29) is 12.3 Å². The molecule has 2 heterocycles. The van der Waals surface area contributed by atoms with Crippen LogP contribution in [-0.4, -0.2) is 20.7 Å². The van der Waals surface area contributed by atoms with E-state index in [1.807, 2.05) is 12.3 Å². The fourth-order valence-electron chi connectivity index (χ4n) is 2.07. The number of hydrogen-bond acceptors (Lipinski definition) is 4. The van der Waals surface area contributed by atoms with Gasteiger partial charge >= 0.3 is 0 Å². The molecule has 2 aromatic heterocycles. The van der Waals surface area contributed by atoms with Gasteiger partial charge in [0, 0.05) is 17.8 Å². The summed E-state index contributed by atoms with van der Waals surface area (Å²) in [4.78, 5) is 16.4. The van der Waals surface area contributed by atoms with Crippen molar-refractivity contribution in [3.63, 3.8) is 0 Å². The summed E-state index contributed by atoms with van der Waals surface area (Å²) in [5.41, 5.74) is 1.69. The minimum atomic E-state index is -0.421. The minimum Gasteiger partial charge on any atom is -0.324 e. The lowest BCUT2D eigenvalue weighted by Gasteiger charge is -2.11. The normalized spacial score (nSPS) is 10.6. The van der Waals surface area contributed by atoms with E-state index >= 15 is 0 Å². The monoisotopic (exact) mass is 316 g/mol. The number of amides is 1. The van der Waals surface area contributed by atoms with Crippen molar-refractivity contribution in [2.75, 3.05) is 5.32 Å². The number of nitrogens with zero attached hydrogens (tertiary/aromatic N) is 3. The van der Waals surface area contributed by atoms with Gasteiger partial charge in [-0.25, -0.2) is 14.1 Å². The first kappa shape index (κ1) is 14.4. The van der Waals surface area contributed by atoms with Crippen molar-refractivity contribution in [1.29, 1.82) is 0 Å². The SMILES string of the molecule is Cc1nc(CC(=O)Nc2cc(F)ccc2-n2cccn2)cs1. The first-order valence-corrected chi connectivity index (χ1v) is 7.50. The Morgan fingerprint density at radius 1 is 1.45 bits per heavy atom. The van der Waals surface area contributed by atoms with Crippen LogP contribution in [0.4, 0.5) is 10.1 Å². The Labute approximate surface area is 130 Å². The standard InChI is InChI=1S/C15H13FN4OS/c1-10-18-12(9-22-10)8-15(21)19-13-7-11(16)3-4-14(13)20-6-2-5-17-20/h2-7,9H,8H2,1H3,(H,19,21). The molecule has 0 aliphatic rings. The van der Waals surface area contributed by atoms with Crippen molar-refractivity contribution < 1.29 is 9.18 Å². The molecule has 0 radical (unpaired) electrons. The fraction of sp³-hybridized carbons (Fsp3) is 0.133. The first-order valence-electron chi connectivity index (χ1n) is 6.62. The molecule has 0 fully saturated rings. The molecule has 5 nitrogen and oxygen atoms in total. The maximum atomic E-state index is 13.5. The van der Waals surface area contributed by atoms with Crippen LogP contribution in [0, 0.1) is 12.7 Å². The molecule has 0 spiro atoms. The van der Waals surface area contributed by atoms with E-state index in [0.29, 0.717) is 17.1 Å². The smallest absolute Gasteiger partial charge is 0.230 e. The largest absolute Gasteiger partial charge is 0.324 e. The number of aryl methyl sites for hydroxylation is 1. The second kappa shape index (κ2) is 6.07. The Hall–Kier alpha value is -2.54. The molecule has 112 valence electrons. The molecule has 22 heavy (non-hydrogen) atoms. The van der Waals surface area contributed by atoms with Crippen molar-refractivity contribution in [2.24, 2.45) is 0 Å². The van der Waals surface area contributed by atoms with Crippen molar-refractivity contribution in [3.8, 4) is 5.69 Å². The molecule has 3 aromatic rings. The Bertz CT molecular complexity index is 798. The van der Waals surface area contributed by atoms with Gasteiger partial charge in [-0.05, 0) is 31.2 Å². The molecule has 0 bridgehead atoms. The summed E-state index contributed by atoms with van der Waals surface area (Å²) >= 11 is 1.49. The third-order valence-corrected chi connectivity index (χ3v) is 3.81. The predicted octanol–water partition coefficient (Wildman–Crippen LogP) is 2.96. The van der Waals surface area contributed by atoms with E-state index < -0.39 is 5.82 Å². The number of carbonyl (C=O) groups excluding carboxylic acids is 1. The van der Waals surface area contributed by atoms with Gasteiger partial charge in [-0.2, -0.15) is 5.10 Å². The van der Waals surface area contributed by atoms with Gasteiger partial charge in [0.25, 0.3) is 0 Å². The molecule has 0 aliphatic carbocycles. The van der Waals surface area contributed by atoms with Gasteiger partial charge in [0.1, 0.15) is 5.82 Å². The molecule has 0 aliphatic heterocycles. The summed E-state index contributed by atoms with van der Waals surface area (Å²) in [5.74, 6) is -0.667. The van der Waals surface area contributed by atoms with Gasteiger partial charge in [-0.1, -0.05) is 0 Å². The van der Waals surface area contributed by atoms with E-state index in [1.165, 1.54) is 23.5 Å². The summed E-state index contributed by atoms with van der Waals surface area (Å²) < 4.78 is 15.0. The third kappa shape index (κ3) is 3.20. The lowest BCUT2D eigenvalue weighted by atomic mass is 10.2. The quantitative estimate of drug-likeness (QED) is 0.805.